The summed E-state index contributed by atoms with van der Waals surface area (Å²) in [5.41, 5.74) is 0.951. The second-order valence-electron chi connectivity index (χ2n) is 5.74. The lowest BCUT2D eigenvalue weighted by Crippen LogP contribution is -2.28. The van der Waals surface area contributed by atoms with Gasteiger partial charge in [-0.15, -0.1) is 0 Å². The maximum absolute atomic E-state index is 11.2. The molecule has 3 N–H and O–H groups in total. The Morgan fingerprint density at radius 3 is 2.57 bits per heavy atom. The molecule has 0 aliphatic heterocycles. The van der Waals surface area contributed by atoms with Crippen LogP contribution in [0.25, 0.3) is 0 Å². The minimum absolute atomic E-state index is 0.0101. The summed E-state index contributed by atoms with van der Waals surface area (Å²) in [5, 5.41) is 25.3. The lowest BCUT2D eigenvalue weighted by atomic mass is 10.1. The maximum atomic E-state index is 11.2. The fraction of sp³-hybridized carbons (Fsp3) is 0.500. The molecule has 0 aliphatic rings. The van der Waals surface area contributed by atoms with Gasteiger partial charge in [-0.2, -0.15) is 0 Å². The van der Waals surface area contributed by atoms with Gasteiger partial charge in [-0.05, 0) is 38.8 Å². The van der Waals surface area contributed by atoms with Crippen LogP contribution in [0.3, 0.4) is 0 Å². The first-order chi connectivity index (χ1) is 9.73. The molecule has 0 atom stereocenters. The van der Waals surface area contributed by atoms with Crippen molar-refractivity contribution in [3.05, 3.63) is 33.9 Å². The largest absolute Gasteiger partial charge is 0.387 e. The number of nitro benzene ring substituents is 1. The van der Waals surface area contributed by atoms with Gasteiger partial charge in [-0.3, -0.25) is 14.9 Å². The first kappa shape index (κ1) is 16.9. The standard InChI is InChI=1S/C14H21N3O4/c1-14(2,3)16-11-5-4-10(8-12(11)17(20)21)6-7-15-13(19)9-18/h4-5,8,16,18H,6-7,9H2,1-3H3,(H,15,19). The van der Waals surface area contributed by atoms with Crippen molar-refractivity contribution < 1.29 is 14.8 Å². The molecular weight excluding hydrogens is 274 g/mol. The van der Waals surface area contributed by atoms with E-state index in [4.69, 9.17) is 5.11 Å². The van der Waals surface area contributed by atoms with Crippen LogP contribution in [-0.2, 0) is 11.2 Å². The maximum Gasteiger partial charge on any atom is 0.292 e. The van der Waals surface area contributed by atoms with Crippen molar-refractivity contribution in [1.82, 2.24) is 5.32 Å². The topological polar surface area (TPSA) is 104 Å². The number of rotatable bonds is 6. The zero-order valence-electron chi connectivity index (χ0n) is 12.5. The normalized spacial score (nSPS) is 11.0. The molecular formula is C14H21N3O4. The SMILES string of the molecule is CC(C)(C)Nc1ccc(CCNC(=O)CO)cc1[N+](=O)[O-]. The fourth-order valence-electron chi connectivity index (χ4n) is 1.80. The Morgan fingerprint density at radius 1 is 1.38 bits per heavy atom. The van der Waals surface area contributed by atoms with Gasteiger partial charge in [0.15, 0.2) is 0 Å². The minimum atomic E-state index is -0.561. The molecule has 1 rings (SSSR count). The van der Waals surface area contributed by atoms with E-state index in [0.717, 1.165) is 5.56 Å². The summed E-state index contributed by atoms with van der Waals surface area (Å²) in [5.74, 6) is -0.462. The molecule has 21 heavy (non-hydrogen) atoms. The zero-order chi connectivity index (χ0) is 16.0. The molecule has 0 aromatic heterocycles. The van der Waals surface area contributed by atoms with E-state index >= 15 is 0 Å². The summed E-state index contributed by atoms with van der Waals surface area (Å²) in [6.07, 6.45) is 0.461. The summed E-state index contributed by atoms with van der Waals surface area (Å²) in [6, 6.07) is 4.96. The van der Waals surface area contributed by atoms with Crippen molar-refractivity contribution >= 4 is 17.3 Å². The van der Waals surface area contributed by atoms with E-state index < -0.39 is 17.4 Å². The predicted molar refractivity (Wildman–Crippen MR) is 80.3 cm³/mol. The molecule has 0 bridgehead atoms. The number of nitro groups is 1. The quantitative estimate of drug-likeness (QED) is 0.544. The van der Waals surface area contributed by atoms with Crippen LogP contribution in [0.4, 0.5) is 11.4 Å². The van der Waals surface area contributed by atoms with E-state index in [0.29, 0.717) is 18.7 Å². The molecule has 0 aliphatic carbocycles. The second-order valence-corrected chi connectivity index (χ2v) is 5.74. The van der Waals surface area contributed by atoms with E-state index in [1.54, 1.807) is 12.1 Å². The van der Waals surface area contributed by atoms with Crippen LogP contribution in [0, 0.1) is 10.1 Å². The highest BCUT2D eigenvalue weighted by Crippen LogP contribution is 2.28. The van der Waals surface area contributed by atoms with Gasteiger partial charge in [-0.25, -0.2) is 0 Å². The van der Waals surface area contributed by atoms with E-state index in [1.165, 1.54) is 6.07 Å². The summed E-state index contributed by atoms with van der Waals surface area (Å²) in [6.45, 7) is 5.54. The molecule has 0 radical (unpaired) electrons. The van der Waals surface area contributed by atoms with Gasteiger partial charge in [0.1, 0.15) is 12.3 Å². The van der Waals surface area contributed by atoms with Crippen LogP contribution < -0.4 is 10.6 Å². The average molecular weight is 295 g/mol. The van der Waals surface area contributed by atoms with Gasteiger partial charge in [0, 0.05) is 18.2 Å². The van der Waals surface area contributed by atoms with Crippen LogP contribution in [0.1, 0.15) is 26.3 Å². The monoisotopic (exact) mass is 295 g/mol. The third kappa shape index (κ3) is 5.78. The van der Waals surface area contributed by atoms with Crippen molar-refractivity contribution in [2.24, 2.45) is 0 Å². The number of carbonyl (C=O) groups excluding carboxylic acids is 1. The number of nitrogens with zero attached hydrogens (tertiary/aromatic N) is 1. The second kappa shape index (κ2) is 7.03. The number of nitrogens with one attached hydrogen (secondary N) is 2. The first-order valence-electron chi connectivity index (χ1n) is 6.66. The third-order valence-electron chi connectivity index (χ3n) is 2.65. The van der Waals surface area contributed by atoms with E-state index in [1.807, 2.05) is 20.8 Å². The molecule has 1 amide bonds. The molecule has 116 valence electrons. The zero-order valence-corrected chi connectivity index (χ0v) is 12.5. The molecule has 0 saturated heterocycles. The number of hydrogen-bond acceptors (Lipinski definition) is 5. The number of hydrogen-bond donors (Lipinski definition) is 3. The fourth-order valence-corrected chi connectivity index (χ4v) is 1.80. The van der Waals surface area contributed by atoms with Gasteiger partial charge in [0.05, 0.1) is 4.92 Å². The van der Waals surface area contributed by atoms with E-state index in [2.05, 4.69) is 10.6 Å². The highest BCUT2D eigenvalue weighted by Gasteiger charge is 2.19. The highest BCUT2D eigenvalue weighted by atomic mass is 16.6. The van der Waals surface area contributed by atoms with Crippen molar-refractivity contribution in [2.45, 2.75) is 32.7 Å². The summed E-state index contributed by atoms with van der Waals surface area (Å²) in [4.78, 5) is 21.6. The average Bonchev–Trinajstić information content (AvgIpc) is 2.38. The van der Waals surface area contributed by atoms with Crippen LogP contribution in [0.15, 0.2) is 18.2 Å². The lowest BCUT2D eigenvalue weighted by Gasteiger charge is -2.22. The Hall–Kier alpha value is -2.15. The number of aliphatic hydroxyl groups excluding tert-OH is 1. The Kier molecular flexibility index (Phi) is 5.66. The number of benzene rings is 1. The summed E-state index contributed by atoms with van der Waals surface area (Å²) < 4.78 is 0. The van der Waals surface area contributed by atoms with E-state index in [-0.39, 0.29) is 11.2 Å². The molecule has 0 spiro atoms. The van der Waals surface area contributed by atoms with Crippen LogP contribution in [0.2, 0.25) is 0 Å². The minimum Gasteiger partial charge on any atom is -0.387 e. The Bertz CT molecular complexity index is 523. The number of carbonyl (C=O) groups is 1. The predicted octanol–water partition coefficient (Wildman–Crippen LogP) is 1.46. The lowest BCUT2D eigenvalue weighted by molar-refractivity contribution is -0.384. The van der Waals surface area contributed by atoms with Crippen molar-refractivity contribution in [3.8, 4) is 0 Å². The van der Waals surface area contributed by atoms with Crippen molar-refractivity contribution in [2.75, 3.05) is 18.5 Å². The van der Waals surface area contributed by atoms with Crippen LogP contribution in [0.5, 0.6) is 0 Å². The molecule has 7 nitrogen and oxygen atoms in total. The first-order valence-corrected chi connectivity index (χ1v) is 6.66. The van der Waals surface area contributed by atoms with Gasteiger partial charge in [0.2, 0.25) is 5.91 Å². The van der Waals surface area contributed by atoms with Crippen LogP contribution in [-0.4, -0.2) is 34.6 Å². The molecule has 0 unspecified atom stereocenters. The van der Waals surface area contributed by atoms with Crippen molar-refractivity contribution in [1.29, 1.82) is 0 Å². The molecule has 1 aromatic carbocycles. The van der Waals surface area contributed by atoms with Gasteiger partial charge >= 0.3 is 0 Å². The smallest absolute Gasteiger partial charge is 0.292 e. The third-order valence-corrected chi connectivity index (χ3v) is 2.65. The van der Waals surface area contributed by atoms with E-state index in [9.17, 15) is 14.9 Å². The molecule has 0 fully saturated rings. The number of amides is 1. The van der Waals surface area contributed by atoms with Gasteiger partial charge < -0.3 is 15.7 Å². The number of anilines is 1. The molecule has 0 heterocycles. The molecule has 1 aromatic rings. The Balaban J connectivity index is 2.83. The molecule has 7 heteroatoms. The Morgan fingerprint density at radius 2 is 2.05 bits per heavy atom. The summed E-state index contributed by atoms with van der Waals surface area (Å²) in [7, 11) is 0. The number of aliphatic hydroxyl groups is 1. The molecule has 0 saturated carbocycles. The highest BCUT2D eigenvalue weighted by molar-refractivity contribution is 5.76. The van der Waals surface area contributed by atoms with Crippen molar-refractivity contribution in [3.63, 3.8) is 0 Å². The Labute approximate surface area is 123 Å². The van der Waals surface area contributed by atoms with Gasteiger partial charge in [-0.1, -0.05) is 6.07 Å². The van der Waals surface area contributed by atoms with Crippen LogP contribution >= 0.6 is 0 Å². The summed E-state index contributed by atoms with van der Waals surface area (Å²) >= 11 is 0. The van der Waals surface area contributed by atoms with Gasteiger partial charge in [0.25, 0.3) is 5.69 Å².